The molecule has 0 saturated carbocycles. The van der Waals surface area contributed by atoms with Crippen molar-refractivity contribution in [2.45, 2.75) is 19.8 Å². The summed E-state index contributed by atoms with van der Waals surface area (Å²) in [6, 6.07) is 0. The number of rotatable bonds is 5. The first kappa shape index (κ1) is 9.44. The molecular weight excluding hydrogens is 122 g/mol. The summed E-state index contributed by atoms with van der Waals surface area (Å²) in [7, 11) is 1.95. The van der Waals surface area contributed by atoms with Crippen LogP contribution >= 0.6 is 0 Å². The van der Waals surface area contributed by atoms with E-state index in [0.717, 1.165) is 13.0 Å². The molecule has 0 spiro atoms. The number of hydrogen-bond acceptors (Lipinski definition) is 1. The van der Waals surface area contributed by atoms with Gasteiger partial charge in [0.25, 0.3) is 0 Å². The first-order valence-electron chi connectivity index (χ1n) is 3.81. The average molecular weight is 139 g/mol. The molecule has 0 aromatic rings. The van der Waals surface area contributed by atoms with Gasteiger partial charge in [0.2, 0.25) is 0 Å². The standard InChI is InChI=1S/C9H17N/c1-4-6-7-9(5-2)8-10-3/h5,7,10H,2,4,6,8H2,1,3H3/b9-7+. The third kappa shape index (κ3) is 4.33. The number of likely N-dealkylation sites (N-methyl/N-ethyl adjacent to an activating group) is 1. The van der Waals surface area contributed by atoms with Crippen molar-refractivity contribution in [3.63, 3.8) is 0 Å². The molecule has 1 N–H and O–H groups in total. The lowest BCUT2D eigenvalue weighted by Gasteiger charge is -1.98. The molecule has 10 heavy (non-hydrogen) atoms. The Morgan fingerprint density at radius 3 is 2.70 bits per heavy atom. The van der Waals surface area contributed by atoms with Gasteiger partial charge >= 0.3 is 0 Å². The van der Waals surface area contributed by atoms with Crippen molar-refractivity contribution in [2.24, 2.45) is 0 Å². The summed E-state index contributed by atoms with van der Waals surface area (Å²) in [5.41, 5.74) is 1.30. The minimum Gasteiger partial charge on any atom is -0.316 e. The Morgan fingerprint density at radius 2 is 2.30 bits per heavy atom. The predicted molar refractivity (Wildman–Crippen MR) is 47.1 cm³/mol. The molecule has 1 heteroatoms. The molecule has 0 atom stereocenters. The SMILES string of the molecule is C=C/C(=C\CCC)CNC. The molecule has 0 aliphatic rings. The largest absolute Gasteiger partial charge is 0.316 e. The maximum Gasteiger partial charge on any atom is 0.0199 e. The highest BCUT2D eigenvalue weighted by molar-refractivity contribution is 5.17. The van der Waals surface area contributed by atoms with Gasteiger partial charge in [-0.25, -0.2) is 0 Å². The van der Waals surface area contributed by atoms with Gasteiger partial charge in [-0.1, -0.05) is 32.1 Å². The summed E-state index contributed by atoms with van der Waals surface area (Å²) < 4.78 is 0. The maximum atomic E-state index is 3.72. The van der Waals surface area contributed by atoms with Crippen LogP contribution in [0.4, 0.5) is 0 Å². The van der Waals surface area contributed by atoms with Crippen LogP contribution in [-0.2, 0) is 0 Å². The molecule has 1 nitrogen and oxygen atoms in total. The molecule has 0 fully saturated rings. The fourth-order valence-electron chi connectivity index (χ4n) is 0.762. The summed E-state index contributed by atoms with van der Waals surface area (Å²) in [6.07, 6.45) is 6.50. The van der Waals surface area contributed by atoms with E-state index in [1.807, 2.05) is 13.1 Å². The Bertz CT molecular complexity index is 114. The minimum atomic E-state index is 0.934. The minimum absolute atomic E-state index is 0.934. The van der Waals surface area contributed by atoms with Crippen LogP contribution in [0.15, 0.2) is 24.3 Å². The first-order valence-corrected chi connectivity index (χ1v) is 3.81. The fraction of sp³-hybridized carbons (Fsp3) is 0.556. The van der Waals surface area contributed by atoms with Crippen molar-refractivity contribution in [1.82, 2.24) is 5.32 Å². The summed E-state index contributed by atoms with van der Waals surface area (Å²) in [4.78, 5) is 0. The van der Waals surface area contributed by atoms with Gasteiger partial charge in [0.05, 0.1) is 0 Å². The molecule has 58 valence electrons. The maximum absolute atomic E-state index is 3.72. The molecule has 0 aromatic heterocycles. The molecule has 0 rings (SSSR count). The molecular formula is C9H17N. The van der Waals surface area contributed by atoms with E-state index in [1.165, 1.54) is 12.0 Å². The smallest absolute Gasteiger partial charge is 0.0199 e. The van der Waals surface area contributed by atoms with Crippen LogP contribution in [0.1, 0.15) is 19.8 Å². The van der Waals surface area contributed by atoms with Gasteiger partial charge in [-0.3, -0.25) is 0 Å². The number of hydrogen-bond donors (Lipinski definition) is 1. The molecule has 0 aliphatic heterocycles. The van der Waals surface area contributed by atoms with E-state index in [-0.39, 0.29) is 0 Å². The zero-order chi connectivity index (χ0) is 7.82. The van der Waals surface area contributed by atoms with Gasteiger partial charge in [0, 0.05) is 6.54 Å². The summed E-state index contributed by atoms with van der Waals surface area (Å²) in [6.45, 7) is 6.84. The normalized spacial score (nSPS) is 11.6. The molecule has 0 aliphatic carbocycles. The lowest BCUT2D eigenvalue weighted by atomic mass is 10.2. The molecule has 0 amide bonds. The van der Waals surface area contributed by atoms with Crippen LogP contribution < -0.4 is 5.32 Å². The zero-order valence-corrected chi connectivity index (χ0v) is 6.98. The highest BCUT2D eigenvalue weighted by Crippen LogP contribution is 1.97. The van der Waals surface area contributed by atoms with E-state index >= 15 is 0 Å². The summed E-state index contributed by atoms with van der Waals surface area (Å²) in [5.74, 6) is 0. The topological polar surface area (TPSA) is 12.0 Å². The van der Waals surface area contributed by atoms with Crippen LogP contribution in [0.2, 0.25) is 0 Å². The van der Waals surface area contributed by atoms with Crippen LogP contribution in [-0.4, -0.2) is 13.6 Å². The molecule has 0 bridgehead atoms. The van der Waals surface area contributed by atoms with Gasteiger partial charge in [-0.2, -0.15) is 0 Å². The molecule has 0 aromatic carbocycles. The van der Waals surface area contributed by atoms with Gasteiger partial charge in [-0.15, -0.1) is 0 Å². The number of nitrogens with one attached hydrogen (secondary N) is 1. The van der Waals surface area contributed by atoms with E-state index < -0.39 is 0 Å². The Balaban J connectivity index is 3.66. The van der Waals surface area contributed by atoms with Crippen molar-refractivity contribution in [2.75, 3.05) is 13.6 Å². The second-order valence-electron chi connectivity index (χ2n) is 2.30. The van der Waals surface area contributed by atoms with Gasteiger partial charge < -0.3 is 5.32 Å². The fourth-order valence-corrected chi connectivity index (χ4v) is 0.762. The van der Waals surface area contributed by atoms with E-state index in [2.05, 4.69) is 24.9 Å². The summed E-state index contributed by atoms with van der Waals surface area (Å²) >= 11 is 0. The van der Waals surface area contributed by atoms with Crippen molar-refractivity contribution in [1.29, 1.82) is 0 Å². The Morgan fingerprint density at radius 1 is 1.60 bits per heavy atom. The number of allylic oxidation sites excluding steroid dienone is 1. The van der Waals surface area contributed by atoms with Crippen LogP contribution in [0, 0.1) is 0 Å². The molecule has 0 unspecified atom stereocenters. The van der Waals surface area contributed by atoms with Gasteiger partial charge in [0.15, 0.2) is 0 Å². The lowest BCUT2D eigenvalue weighted by molar-refractivity contribution is 0.877. The second-order valence-corrected chi connectivity index (χ2v) is 2.30. The van der Waals surface area contributed by atoms with E-state index in [4.69, 9.17) is 0 Å². The molecule has 0 saturated heterocycles. The molecule has 0 radical (unpaired) electrons. The average Bonchev–Trinajstić information content (AvgIpc) is 1.98. The number of unbranched alkanes of at least 4 members (excludes halogenated alkanes) is 1. The lowest BCUT2D eigenvalue weighted by Crippen LogP contribution is -2.08. The highest BCUT2D eigenvalue weighted by atomic mass is 14.8. The van der Waals surface area contributed by atoms with Crippen LogP contribution in [0.3, 0.4) is 0 Å². The van der Waals surface area contributed by atoms with Crippen molar-refractivity contribution < 1.29 is 0 Å². The van der Waals surface area contributed by atoms with E-state index in [1.54, 1.807) is 0 Å². The zero-order valence-electron chi connectivity index (χ0n) is 6.98. The van der Waals surface area contributed by atoms with E-state index in [0.29, 0.717) is 0 Å². The Hall–Kier alpha value is -0.560. The Labute approximate surface area is 63.8 Å². The van der Waals surface area contributed by atoms with Crippen molar-refractivity contribution in [3.05, 3.63) is 24.3 Å². The van der Waals surface area contributed by atoms with Gasteiger partial charge in [-0.05, 0) is 19.0 Å². The van der Waals surface area contributed by atoms with Gasteiger partial charge in [0.1, 0.15) is 0 Å². The third-order valence-electron chi connectivity index (χ3n) is 1.34. The van der Waals surface area contributed by atoms with E-state index in [9.17, 15) is 0 Å². The van der Waals surface area contributed by atoms with Crippen LogP contribution in [0.25, 0.3) is 0 Å². The summed E-state index contributed by atoms with van der Waals surface area (Å²) in [5, 5.41) is 3.09. The molecule has 0 heterocycles. The third-order valence-corrected chi connectivity index (χ3v) is 1.34. The predicted octanol–water partition coefficient (Wildman–Crippen LogP) is 2.12. The Kier molecular flexibility index (Phi) is 6.19. The van der Waals surface area contributed by atoms with Crippen molar-refractivity contribution in [3.8, 4) is 0 Å². The first-order chi connectivity index (χ1) is 4.85. The highest BCUT2D eigenvalue weighted by Gasteiger charge is 1.86. The van der Waals surface area contributed by atoms with Crippen LogP contribution in [0.5, 0.6) is 0 Å². The quantitative estimate of drug-likeness (QED) is 0.575. The van der Waals surface area contributed by atoms with Crippen molar-refractivity contribution >= 4 is 0 Å². The monoisotopic (exact) mass is 139 g/mol. The second kappa shape index (κ2) is 6.56.